The van der Waals surface area contributed by atoms with Gasteiger partial charge < -0.3 is 10.2 Å². The predicted octanol–water partition coefficient (Wildman–Crippen LogP) is 4.78. The summed E-state index contributed by atoms with van der Waals surface area (Å²) in [4.78, 5) is 18.6. The Bertz CT molecular complexity index is 755. The lowest BCUT2D eigenvalue weighted by Crippen LogP contribution is -2.30. The van der Waals surface area contributed by atoms with Gasteiger partial charge in [-0.15, -0.1) is 22.9 Å². The number of thiazole rings is 1. The zero-order valence-electron chi connectivity index (χ0n) is 14.5. The number of carbonyl (C=O) groups excluding carboxylic acids is 1. The highest BCUT2D eigenvalue weighted by Crippen LogP contribution is 2.31. The Hall–Kier alpha value is -1.85. The molecule has 0 aliphatic carbocycles. The molecule has 0 radical (unpaired) electrons. The summed E-state index contributed by atoms with van der Waals surface area (Å²) in [7, 11) is 0. The zero-order chi connectivity index (χ0) is 17.8. The van der Waals surface area contributed by atoms with Crippen molar-refractivity contribution in [1.29, 1.82) is 0 Å². The minimum Gasteiger partial charge on any atom is -0.343 e. The molecule has 0 bridgehead atoms. The molecule has 1 amide bonds. The van der Waals surface area contributed by atoms with Gasteiger partial charge in [0.05, 0.1) is 0 Å². The number of carbonyl (C=O) groups is 1. The Morgan fingerprint density at radius 3 is 2.80 bits per heavy atom. The van der Waals surface area contributed by atoms with E-state index in [1.54, 1.807) is 11.3 Å². The van der Waals surface area contributed by atoms with Crippen LogP contribution in [0.25, 0.3) is 5.57 Å². The molecule has 2 aromatic rings. The van der Waals surface area contributed by atoms with Crippen molar-refractivity contribution < 1.29 is 4.79 Å². The topological polar surface area (TPSA) is 45.2 Å². The first-order chi connectivity index (χ1) is 12.1. The number of rotatable bonds is 5. The summed E-state index contributed by atoms with van der Waals surface area (Å²) in [5.74, 6) is -0.153. The number of anilines is 2. The molecular formula is C19H22ClN3OS. The zero-order valence-corrected chi connectivity index (χ0v) is 16.0. The number of hydrogen-bond acceptors (Lipinski definition) is 4. The Morgan fingerprint density at radius 1 is 1.40 bits per heavy atom. The third-order valence-electron chi connectivity index (χ3n) is 4.45. The number of nitrogens with one attached hydrogen (secondary N) is 1. The first kappa shape index (κ1) is 18.0. The van der Waals surface area contributed by atoms with Gasteiger partial charge in [0.1, 0.15) is 5.38 Å². The van der Waals surface area contributed by atoms with Gasteiger partial charge in [0.25, 0.3) is 0 Å². The predicted molar refractivity (Wildman–Crippen MR) is 107 cm³/mol. The van der Waals surface area contributed by atoms with E-state index in [1.807, 2.05) is 30.6 Å². The van der Waals surface area contributed by atoms with Crippen molar-refractivity contribution in [3.05, 3.63) is 47.0 Å². The molecular weight excluding hydrogens is 354 g/mol. The fraction of sp³-hybridized carbons (Fsp3) is 0.368. The fourth-order valence-corrected chi connectivity index (χ4v) is 3.62. The number of amides is 1. The van der Waals surface area contributed by atoms with Gasteiger partial charge in [0.15, 0.2) is 5.13 Å². The van der Waals surface area contributed by atoms with Gasteiger partial charge in [-0.25, -0.2) is 4.98 Å². The van der Waals surface area contributed by atoms with E-state index in [0.717, 1.165) is 30.3 Å². The summed E-state index contributed by atoms with van der Waals surface area (Å²) in [6, 6.07) is 8.01. The van der Waals surface area contributed by atoms with Crippen LogP contribution in [0.4, 0.5) is 10.8 Å². The summed E-state index contributed by atoms with van der Waals surface area (Å²) >= 11 is 7.65. The van der Waals surface area contributed by atoms with Gasteiger partial charge >= 0.3 is 0 Å². The van der Waals surface area contributed by atoms with Gasteiger partial charge in [-0.05, 0) is 43.0 Å². The first-order valence-electron chi connectivity index (χ1n) is 8.47. The number of aromatic nitrogens is 1. The fourth-order valence-electron chi connectivity index (χ4n) is 2.89. The number of hydrogen-bond donors (Lipinski definition) is 1. The van der Waals surface area contributed by atoms with Crippen molar-refractivity contribution in [2.45, 2.75) is 32.1 Å². The van der Waals surface area contributed by atoms with E-state index in [2.05, 4.69) is 34.3 Å². The standard InChI is InChI=1S/C19H22ClN3OS/c1-3-17(20)18(24)22-15-6-4-14(5-7-15)16-12-23(10-8-13(16)2)19-21-9-11-25-19/h4-7,9,11,17H,3,8,10,12H2,1-2H3,(H,22,24). The van der Waals surface area contributed by atoms with Crippen LogP contribution in [-0.4, -0.2) is 29.4 Å². The molecule has 1 atom stereocenters. The summed E-state index contributed by atoms with van der Waals surface area (Å²) < 4.78 is 0. The lowest BCUT2D eigenvalue weighted by molar-refractivity contribution is -0.115. The molecule has 4 nitrogen and oxygen atoms in total. The third-order valence-corrected chi connectivity index (χ3v) is 5.79. The van der Waals surface area contributed by atoms with E-state index in [4.69, 9.17) is 11.6 Å². The molecule has 25 heavy (non-hydrogen) atoms. The maximum absolute atomic E-state index is 11.9. The minimum atomic E-state index is -0.491. The van der Waals surface area contributed by atoms with Crippen LogP contribution in [0.3, 0.4) is 0 Å². The molecule has 0 saturated carbocycles. The summed E-state index contributed by atoms with van der Waals surface area (Å²) in [5, 5.41) is 5.45. The molecule has 1 aromatic carbocycles. The van der Waals surface area contributed by atoms with Crippen molar-refractivity contribution in [3.8, 4) is 0 Å². The van der Waals surface area contributed by atoms with Gasteiger partial charge in [-0.1, -0.05) is 24.6 Å². The van der Waals surface area contributed by atoms with Crippen LogP contribution in [0.2, 0.25) is 0 Å². The quantitative estimate of drug-likeness (QED) is 0.764. The van der Waals surface area contributed by atoms with Gasteiger partial charge in [0, 0.05) is 30.4 Å². The van der Waals surface area contributed by atoms with Crippen molar-refractivity contribution in [2.24, 2.45) is 0 Å². The number of nitrogens with zero attached hydrogens (tertiary/aromatic N) is 2. The smallest absolute Gasteiger partial charge is 0.242 e. The molecule has 6 heteroatoms. The summed E-state index contributed by atoms with van der Waals surface area (Å²) in [5.41, 5.74) is 4.72. The largest absolute Gasteiger partial charge is 0.343 e. The molecule has 0 spiro atoms. The number of alkyl halides is 1. The summed E-state index contributed by atoms with van der Waals surface area (Å²) in [6.45, 7) is 5.96. The minimum absolute atomic E-state index is 0.153. The van der Waals surface area contributed by atoms with Crippen LogP contribution in [0.1, 0.15) is 32.3 Å². The maximum atomic E-state index is 11.9. The molecule has 132 valence electrons. The van der Waals surface area contributed by atoms with Crippen molar-refractivity contribution in [1.82, 2.24) is 4.98 Å². The Labute approximate surface area is 157 Å². The maximum Gasteiger partial charge on any atom is 0.242 e. The Morgan fingerprint density at radius 2 is 2.16 bits per heavy atom. The second kappa shape index (κ2) is 8.02. The highest BCUT2D eigenvalue weighted by molar-refractivity contribution is 7.13. The van der Waals surface area contributed by atoms with Crippen molar-refractivity contribution in [2.75, 3.05) is 23.3 Å². The molecule has 3 rings (SSSR count). The van der Waals surface area contributed by atoms with E-state index in [0.29, 0.717) is 6.42 Å². The molecule has 0 saturated heterocycles. The van der Waals surface area contributed by atoms with Crippen LogP contribution in [0.5, 0.6) is 0 Å². The SMILES string of the molecule is CCC(Cl)C(=O)Nc1ccc(C2=C(C)CCN(c3nccs3)C2)cc1. The monoisotopic (exact) mass is 375 g/mol. The van der Waals surface area contributed by atoms with E-state index in [1.165, 1.54) is 16.7 Å². The molecule has 1 unspecified atom stereocenters. The second-order valence-corrected chi connectivity index (χ2v) is 7.59. The van der Waals surface area contributed by atoms with E-state index in [-0.39, 0.29) is 5.91 Å². The van der Waals surface area contributed by atoms with Gasteiger partial charge in [-0.3, -0.25) is 4.79 Å². The van der Waals surface area contributed by atoms with Crippen LogP contribution in [0.15, 0.2) is 41.4 Å². The second-order valence-electron chi connectivity index (χ2n) is 6.19. The van der Waals surface area contributed by atoms with Crippen molar-refractivity contribution >= 4 is 45.2 Å². The molecule has 1 N–H and O–H groups in total. The summed E-state index contributed by atoms with van der Waals surface area (Å²) in [6.07, 6.45) is 3.50. The van der Waals surface area contributed by atoms with Crippen LogP contribution in [-0.2, 0) is 4.79 Å². The molecule has 2 heterocycles. The molecule has 1 aliphatic heterocycles. The van der Waals surface area contributed by atoms with Crippen LogP contribution >= 0.6 is 22.9 Å². The Balaban J connectivity index is 1.73. The highest BCUT2D eigenvalue weighted by Gasteiger charge is 2.20. The van der Waals surface area contributed by atoms with Crippen LogP contribution < -0.4 is 10.2 Å². The lowest BCUT2D eigenvalue weighted by Gasteiger charge is -2.30. The van der Waals surface area contributed by atoms with Crippen molar-refractivity contribution in [3.63, 3.8) is 0 Å². The van der Waals surface area contributed by atoms with Gasteiger partial charge in [-0.2, -0.15) is 0 Å². The normalized spacial score (nSPS) is 16.0. The number of halogens is 1. The number of benzene rings is 1. The van der Waals surface area contributed by atoms with E-state index in [9.17, 15) is 4.79 Å². The average Bonchev–Trinajstić information content (AvgIpc) is 3.17. The Kier molecular flexibility index (Phi) is 5.76. The van der Waals surface area contributed by atoms with E-state index >= 15 is 0 Å². The average molecular weight is 376 g/mol. The van der Waals surface area contributed by atoms with E-state index < -0.39 is 5.38 Å². The molecule has 0 fully saturated rings. The molecule has 1 aromatic heterocycles. The lowest BCUT2D eigenvalue weighted by atomic mass is 9.95. The molecule has 1 aliphatic rings. The van der Waals surface area contributed by atoms with Crippen LogP contribution in [0, 0.1) is 0 Å². The highest BCUT2D eigenvalue weighted by atomic mass is 35.5. The van der Waals surface area contributed by atoms with Gasteiger partial charge in [0.2, 0.25) is 5.91 Å². The first-order valence-corrected chi connectivity index (χ1v) is 9.78. The third kappa shape index (κ3) is 4.22.